The Kier molecular flexibility index (Phi) is 10.4. The van der Waals surface area contributed by atoms with Crippen molar-refractivity contribution in [1.29, 1.82) is 0 Å². The number of ether oxygens (including phenoxy) is 2. The van der Waals surface area contributed by atoms with Gasteiger partial charge in [-0.3, -0.25) is 4.79 Å². The Morgan fingerprint density at radius 3 is 2.67 bits per heavy atom. The molecule has 0 spiro atoms. The fraction of sp³-hybridized carbons (Fsp3) is 0.864. The van der Waals surface area contributed by atoms with Crippen LogP contribution in [0.4, 0.5) is 13.2 Å². The number of hydrogen-bond donors (Lipinski definition) is 1. The lowest BCUT2D eigenvalue weighted by molar-refractivity contribution is -0.195. The first-order valence-electron chi connectivity index (χ1n) is 11.0. The maximum Gasteiger partial charge on any atom is 0.394 e. The Labute approximate surface area is 191 Å². The second-order valence-electron chi connectivity index (χ2n) is 8.50. The minimum Gasteiger partial charge on any atom is -0.469 e. The molecule has 1 saturated carbocycles. The van der Waals surface area contributed by atoms with Crippen LogP contribution in [0.5, 0.6) is 0 Å². The van der Waals surface area contributed by atoms with Crippen LogP contribution in [0.3, 0.4) is 0 Å². The van der Waals surface area contributed by atoms with Crippen molar-refractivity contribution in [3.05, 3.63) is 12.2 Å². The number of hydrogen-bond acceptors (Lipinski definition) is 4. The van der Waals surface area contributed by atoms with Crippen LogP contribution in [-0.2, 0) is 14.3 Å². The third kappa shape index (κ3) is 7.36. The largest absolute Gasteiger partial charge is 0.469 e. The molecule has 0 radical (unpaired) electrons. The van der Waals surface area contributed by atoms with Crippen LogP contribution in [0.15, 0.2) is 12.2 Å². The molecule has 1 N–H and O–H groups in total. The van der Waals surface area contributed by atoms with Crippen molar-refractivity contribution in [1.82, 2.24) is 0 Å². The van der Waals surface area contributed by atoms with Gasteiger partial charge in [0.25, 0.3) is 0 Å². The first-order chi connectivity index (χ1) is 14.2. The van der Waals surface area contributed by atoms with Crippen LogP contribution in [0.25, 0.3) is 0 Å². The molecule has 2 fully saturated rings. The van der Waals surface area contributed by atoms with Gasteiger partial charge in [-0.1, -0.05) is 54.5 Å². The zero-order valence-electron chi connectivity index (χ0n) is 17.7. The monoisotopic (exact) mass is 546 g/mol. The highest BCUT2D eigenvalue weighted by atomic mass is 127. The molecule has 30 heavy (non-hydrogen) atoms. The summed E-state index contributed by atoms with van der Waals surface area (Å²) in [6.07, 6.45) is 3.26. The van der Waals surface area contributed by atoms with Crippen molar-refractivity contribution < 1.29 is 32.5 Å². The zero-order valence-corrected chi connectivity index (χ0v) is 19.9. The van der Waals surface area contributed by atoms with E-state index in [1.54, 1.807) is 6.08 Å². The summed E-state index contributed by atoms with van der Waals surface area (Å²) < 4.78 is 51.0. The quantitative estimate of drug-likeness (QED) is 0.159. The van der Waals surface area contributed by atoms with Crippen molar-refractivity contribution >= 4 is 28.6 Å². The summed E-state index contributed by atoms with van der Waals surface area (Å²) in [5, 5.41) is 10.2. The van der Waals surface area contributed by atoms with E-state index in [-0.39, 0.29) is 40.4 Å². The van der Waals surface area contributed by atoms with E-state index in [0.29, 0.717) is 19.3 Å². The lowest BCUT2D eigenvalue weighted by atomic mass is 9.88. The van der Waals surface area contributed by atoms with Crippen LogP contribution in [0.1, 0.15) is 64.7 Å². The van der Waals surface area contributed by atoms with Gasteiger partial charge in [-0.05, 0) is 50.4 Å². The smallest absolute Gasteiger partial charge is 0.394 e. The van der Waals surface area contributed by atoms with E-state index in [1.165, 1.54) is 13.2 Å². The van der Waals surface area contributed by atoms with Gasteiger partial charge in [0.2, 0.25) is 0 Å². The maximum absolute atomic E-state index is 13.3. The molecule has 1 saturated heterocycles. The van der Waals surface area contributed by atoms with E-state index in [1.807, 2.05) is 6.92 Å². The van der Waals surface area contributed by atoms with Gasteiger partial charge in [0.1, 0.15) is 0 Å². The summed E-state index contributed by atoms with van der Waals surface area (Å²) in [7, 11) is 1.39. The van der Waals surface area contributed by atoms with Gasteiger partial charge in [0, 0.05) is 10.3 Å². The second kappa shape index (κ2) is 12.0. The van der Waals surface area contributed by atoms with E-state index in [2.05, 4.69) is 27.3 Å². The van der Waals surface area contributed by atoms with Gasteiger partial charge in [0.15, 0.2) is 0 Å². The molecular weight excluding hydrogens is 512 g/mol. The third-order valence-electron chi connectivity index (χ3n) is 6.41. The number of aliphatic hydroxyl groups is 1. The van der Waals surface area contributed by atoms with E-state index < -0.39 is 18.2 Å². The number of halogens is 4. The Bertz CT molecular complexity index is 569. The standard InChI is InChI=1S/C22H34F3IO4/c1-3-4-6-16(22(23,24)25)18(27)11-9-14-10-12-19-15(14)13-20(30-19)17(26)7-5-8-21(28)29-2/h9,11,14-20,27H,3-8,10,12-13H2,1-2H3/t14-,15+,16+,17-,18+,19-,20-/m0/s1. The number of rotatable bonds is 11. The first kappa shape index (κ1) is 25.9. The maximum atomic E-state index is 13.3. The van der Waals surface area contributed by atoms with Gasteiger partial charge in [-0.25, -0.2) is 0 Å². The second-order valence-corrected chi connectivity index (χ2v) is 10.1. The molecule has 4 nitrogen and oxygen atoms in total. The summed E-state index contributed by atoms with van der Waals surface area (Å²) in [6.45, 7) is 1.85. The molecule has 0 aromatic heterocycles. The number of esters is 1. The number of alkyl halides is 4. The van der Waals surface area contributed by atoms with Gasteiger partial charge in [0.05, 0.1) is 31.3 Å². The minimum atomic E-state index is -4.39. The molecule has 1 heterocycles. The molecule has 0 aromatic rings. The minimum absolute atomic E-state index is 0.0461. The Morgan fingerprint density at radius 2 is 2.03 bits per heavy atom. The lowest BCUT2D eigenvalue weighted by Crippen LogP contribution is -2.33. The fourth-order valence-corrected chi connectivity index (χ4v) is 5.55. The highest BCUT2D eigenvalue weighted by Crippen LogP contribution is 2.46. The molecule has 0 aromatic carbocycles. The molecule has 1 aliphatic carbocycles. The number of fused-ring (bicyclic) bond motifs is 1. The van der Waals surface area contributed by atoms with E-state index >= 15 is 0 Å². The molecule has 174 valence electrons. The SMILES string of the molecule is CCCC[C@H]([C@H](O)C=C[C@H]1CC[C@@H]2O[C@H]([C@@H](I)CCCC(=O)OC)C[C@@H]21)C(F)(F)F. The fourth-order valence-electron chi connectivity index (χ4n) is 4.65. The molecule has 1 aliphatic heterocycles. The van der Waals surface area contributed by atoms with Crippen molar-refractivity contribution in [3.63, 3.8) is 0 Å². The van der Waals surface area contributed by atoms with Crippen LogP contribution in [0, 0.1) is 17.8 Å². The van der Waals surface area contributed by atoms with Crippen LogP contribution >= 0.6 is 22.6 Å². The zero-order chi connectivity index (χ0) is 22.3. The van der Waals surface area contributed by atoms with E-state index in [0.717, 1.165) is 32.1 Å². The highest BCUT2D eigenvalue weighted by Gasteiger charge is 2.46. The van der Waals surface area contributed by atoms with Crippen molar-refractivity contribution in [2.45, 2.75) is 93.1 Å². The van der Waals surface area contributed by atoms with E-state index in [9.17, 15) is 23.1 Å². The van der Waals surface area contributed by atoms with Crippen LogP contribution < -0.4 is 0 Å². The number of carbonyl (C=O) groups is 1. The van der Waals surface area contributed by atoms with Crippen LogP contribution in [0.2, 0.25) is 0 Å². The third-order valence-corrected chi connectivity index (χ3v) is 7.84. The van der Waals surface area contributed by atoms with Crippen molar-refractivity contribution in [3.8, 4) is 0 Å². The van der Waals surface area contributed by atoms with Crippen molar-refractivity contribution in [2.24, 2.45) is 17.8 Å². The molecule has 0 amide bonds. The molecule has 0 bridgehead atoms. The highest BCUT2D eigenvalue weighted by molar-refractivity contribution is 14.1. The first-order valence-corrected chi connectivity index (χ1v) is 12.2. The van der Waals surface area contributed by atoms with Gasteiger partial charge in [-0.2, -0.15) is 13.2 Å². The average molecular weight is 546 g/mol. The lowest BCUT2D eigenvalue weighted by Gasteiger charge is -2.24. The summed E-state index contributed by atoms with van der Waals surface area (Å²) in [5.41, 5.74) is 0. The van der Waals surface area contributed by atoms with Gasteiger partial charge < -0.3 is 14.6 Å². The summed E-state index contributed by atoms with van der Waals surface area (Å²) >= 11 is 2.37. The van der Waals surface area contributed by atoms with E-state index in [4.69, 9.17) is 4.74 Å². The topological polar surface area (TPSA) is 55.8 Å². The van der Waals surface area contributed by atoms with Gasteiger partial charge >= 0.3 is 12.1 Å². The normalized spacial score (nSPS) is 29.7. The summed E-state index contributed by atoms with van der Waals surface area (Å²) in [6, 6.07) is 0. The average Bonchev–Trinajstić information content (AvgIpc) is 3.26. The number of aliphatic hydroxyl groups excluding tert-OH is 1. The number of allylic oxidation sites excluding steroid dienone is 1. The van der Waals surface area contributed by atoms with Crippen molar-refractivity contribution in [2.75, 3.05) is 7.11 Å². The Balaban J connectivity index is 1.88. The molecule has 2 rings (SSSR count). The van der Waals surface area contributed by atoms with Gasteiger partial charge in [-0.15, -0.1) is 0 Å². The number of carbonyl (C=O) groups excluding carboxylic acids is 1. The molecular formula is C22H34F3IO4. The predicted molar refractivity (Wildman–Crippen MR) is 117 cm³/mol. The Hall–Kier alpha value is -0.350. The molecule has 0 unspecified atom stereocenters. The van der Waals surface area contributed by atoms with Crippen LogP contribution in [-0.4, -0.2) is 46.6 Å². The molecule has 8 heteroatoms. The number of methoxy groups -OCH3 is 1. The molecule has 7 atom stereocenters. The number of unbranched alkanes of at least 4 members (excludes halogenated alkanes) is 1. The predicted octanol–water partition coefficient (Wildman–Crippen LogP) is 5.60. The molecule has 2 aliphatic rings. The summed E-state index contributed by atoms with van der Waals surface area (Å²) in [5.74, 6) is -1.47. The Morgan fingerprint density at radius 1 is 1.30 bits per heavy atom. The summed E-state index contributed by atoms with van der Waals surface area (Å²) in [4.78, 5) is 11.3.